The van der Waals surface area contributed by atoms with Crippen LogP contribution >= 0.6 is 11.8 Å². The molecule has 0 radical (unpaired) electrons. The van der Waals surface area contributed by atoms with E-state index in [2.05, 4.69) is 15.6 Å². The number of hydrogen-bond donors (Lipinski definition) is 2. The van der Waals surface area contributed by atoms with Gasteiger partial charge < -0.3 is 10.6 Å². The Kier molecular flexibility index (Phi) is 7.52. The first-order chi connectivity index (χ1) is 12.0. The molecule has 25 heavy (non-hydrogen) atoms. The first-order valence-corrected chi connectivity index (χ1v) is 11.1. The smallest absolute Gasteiger partial charge is 0.214 e. The van der Waals surface area contributed by atoms with Crippen LogP contribution in [0, 0.1) is 5.82 Å². The fraction of sp³-hybridized carbons (Fsp3) is 0.562. The maximum absolute atomic E-state index is 13.4. The van der Waals surface area contributed by atoms with Crippen LogP contribution in [0.2, 0.25) is 0 Å². The van der Waals surface area contributed by atoms with Crippen molar-refractivity contribution in [3.05, 3.63) is 35.1 Å². The quantitative estimate of drug-likeness (QED) is 0.545. The Hall–Kier alpha value is -1.32. The lowest BCUT2D eigenvalue weighted by Crippen LogP contribution is -2.41. The maximum atomic E-state index is 13.4. The van der Waals surface area contributed by atoms with E-state index in [0.29, 0.717) is 38.6 Å². The Morgan fingerprint density at radius 2 is 2.16 bits per heavy atom. The molecule has 0 atom stereocenters. The summed E-state index contributed by atoms with van der Waals surface area (Å²) in [7, 11) is -1.41. The summed E-state index contributed by atoms with van der Waals surface area (Å²) in [6.45, 7) is 2.03. The Bertz CT molecular complexity index is 710. The molecule has 0 unspecified atom stereocenters. The third kappa shape index (κ3) is 5.86. The molecule has 1 aliphatic rings. The molecule has 6 nitrogen and oxygen atoms in total. The van der Waals surface area contributed by atoms with E-state index < -0.39 is 10.0 Å². The number of guanidine groups is 1. The van der Waals surface area contributed by atoms with Gasteiger partial charge in [-0.2, -0.15) is 11.8 Å². The molecule has 140 valence electrons. The van der Waals surface area contributed by atoms with Crippen molar-refractivity contribution in [2.45, 2.75) is 18.7 Å². The van der Waals surface area contributed by atoms with E-state index in [9.17, 15) is 12.8 Å². The van der Waals surface area contributed by atoms with Crippen LogP contribution in [-0.2, 0) is 22.3 Å². The predicted octanol–water partition coefficient (Wildman–Crippen LogP) is 1.39. The van der Waals surface area contributed by atoms with E-state index in [1.165, 1.54) is 10.4 Å². The summed E-state index contributed by atoms with van der Waals surface area (Å²) in [5.41, 5.74) is 1.97. The molecule has 0 amide bonds. The fourth-order valence-corrected chi connectivity index (χ4v) is 4.81. The van der Waals surface area contributed by atoms with E-state index in [1.807, 2.05) is 6.26 Å². The van der Waals surface area contributed by atoms with Crippen LogP contribution in [0.15, 0.2) is 23.2 Å². The second-order valence-electron chi connectivity index (χ2n) is 5.77. The lowest BCUT2D eigenvalue weighted by Gasteiger charge is -2.17. The van der Waals surface area contributed by atoms with Crippen LogP contribution in [0.4, 0.5) is 4.39 Å². The number of sulfonamides is 1. The number of thioether (sulfide) groups is 1. The molecule has 1 aliphatic heterocycles. The van der Waals surface area contributed by atoms with Gasteiger partial charge in [-0.1, -0.05) is 6.07 Å². The highest BCUT2D eigenvalue weighted by atomic mass is 32.2. The Morgan fingerprint density at radius 1 is 1.36 bits per heavy atom. The van der Waals surface area contributed by atoms with Crippen molar-refractivity contribution in [2.75, 3.05) is 38.7 Å². The van der Waals surface area contributed by atoms with Crippen molar-refractivity contribution in [1.29, 1.82) is 0 Å². The molecule has 1 heterocycles. The van der Waals surface area contributed by atoms with Gasteiger partial charge in [0.2, 0.25) is 10.0 Å². The summed E-state index contributed by atoms with van der Waals surface area (Å²) >= 11 is 1.64. The molecule has 0 aliphatic carbocycles. The largest absolute Gasteiger partial charge is 0.355 e. The van der Waals surface area contributed by atoms with Gasteiger partial charge in [0.1, 0.15) is 5.82 Å². The highest BCUT2D eigenvalue weighted by molar-refractivity contribution is 7.97. The summed E-state index contributed by atoms with van der Waals surface area (Å²) in [6, 6.07) is 4.79. The first kappa shape index (κ1) is 20.0. The van der Waals surface area contributed by atoms with Gasteiger partial charge in [0, 0.05) is 39.0 Å². The van der Waals surface area contributed by atoms with Gasteiger partial charge >= 0.3 is 0 Å². The molecule has 9 heteroatoms. The van der Waals surface area contributed by atoms with E-state index >= 15 is 0 Å². The van der Waals surface area contributed by atoms with E-state index in [1.54, 1.807) is 30.9 Å². The van der Waals surface area contributed by atoms with Crippen LogP contribution in [0.5, 0.6) is 0 Å². The number of nitrogens with zero attached hydrogens (tertiary/aromatic N) is 2. The van der Waals surface area contributed by atoms with Crippen molar-refractivity contribution in [3.8, 4) is 0 Å². The number of hydrogen-bond acceptors (Lipinski definition) is 4. The molecule has 1 fully saturated rings. The van der Waals surface area contributed by atoms with Gasteiger partial charge in [0.25, 0.3) is 0 Å². The molecule has 2 rings (SSSR count). The zero-order valence-electron chi connectivity index (χ0n) is 14.6. The highest BCUT2D eigenvalue weighted by Gasteiger charge is 2.27. The first-order valence-electron chi connectivity index (χ1n) is 8.15. The summed E-state index contributed by atoms with van der Waals surface area (Å²) in [5.74, 6) is 1.34. The number of nitrogens with one attached hydrogen (secondary N) is 2. The second-order valence-corrected chi connectivity index (χ2v) is 8.72. The van der Waals surface area contributed by atoms with Gasteiger partial charge in [-0.05, 0) is 35.9 Å². The molecule has 0 saturated carbocycles. The third-order valence-electron chi connectivity index (χ3n) is 3.99. The predicted molar refractivity (Wildman–Crippen MR) is 102 cm³/mol. The number of halogens is 1. The summed E-state index contributed by atoms with van der Waals surface area (Å²) < 4.78 is 38.4. The molecule has 0 spiro atoms. The SMILES string of the molecule is CN=C(NCCN1CCCS1(=O)=O)NCc1ccc(F)cc1CSC. The topological polar surface area (TPSA) is 73.8 Å². The minimum absolute atomic E-state index is 0.234. The highest BCUT2D eigenvalue weighted by Crippen LogP contribution is 2.16. The summed E-state index contributed by atoms with van der Waals surface area (Å²) in [4.78, 5) is 4.14. The number of aliphatic imine (C=N–C) groups is 1. The minimum atomic E-state index is -3.07. The molecule has 1 aromatic carbocycles. The van der Waals surface area contributed by atoms with Crippen LogP contribution in [-0.4, -0.2) is 57.4 Å². The summed E-state index contributed by atoms with van der Waals surface area (Å²) in [5, 5.41) is 6.31. The molecule has 2 N–H and O–H groups in total. The average Bonchev–Trinajstić information content (AvgIpc) is 2.91. The van der Waals surface area contributed by atoms with Gasteiger partial charge in [0.15, 0.2) is 5.96 Å². The van der Waals surface area contributed by atoms with E-state index in [-0.39, 0.29) is 11.6 Å². The molecule has 1 saturated heterocycles. The van der Waals surface area contributed by atoms with Crippen molar-refractivity contribution < 1.29 is 12.8 Å². The average molecular weight is 389 g/mol. The second kappa shape index (κ2) is 9.40. The zero-order chi connectivity index (χ0) is 18.3. The zero-order valence-corrected chi connectivity index (χ0v) is 16.2. The monoisotopic (exact) mass is 388 g/mol. The Morgan fingerprint density at radius 3 is 2.80 bits per heavy atom. The molecular formula is C16H25FN4O2S2. The standard InChI is InChI=1S/C16H25FN4O2S2/c1-18-16(19-6-8-21-7-3-9-25(21,22)23)20-11-13-4-5-15(17)10-14(13)12-24-2/h4-5,10H,3,6-9,11-12H2,1-2H3,(H2,18,19,20). The fourth-order valence-electron chi connectivity index (χ4n) is 2.70. The maximum Gasteiger partial charge on any atom is 0.214 e. The van der Waals surface area contributed by atoms with Crippen molar-refractivity contribution in [2.24, 2.45) is 4.99 Å². The van der Waals surface area contributed by atoms with Crippen molar-refractivity contribution in [1.82, 2.24) is 14.9 Å². The van der Waals surface area contributed by atoms with E-state index in [4.69, 9.17) is 0 Å². The van der Waals surface area contributed by atoms with Gasteiger partial charge in [-0.15, -0.1) is 0 Å². The number of rotatable bonds is 7. The normalized spacial score (nSPS) is 17.6. The van der Waals surface area contributed by atoms with Crippen LogP contribution in [0.1, 0.15) is 17.5 Å². The van der Waals surface area contributed by atoms with Gasteiger partial charge in [-0.3, -0.25) is 4.99 Å². The Labute approximate surface area is 153 Å². The third-order valence-corrected chi connectivity index (χ3v) is 6.55. The Balaban J connectivity index is 1.84. The van der Waals surface area contributed by atoms with E-state index in [0.717, 1.165) is 16.9 Å². The lowest BCUT2D eigenvalue weighted by atomic mass is 10.1. The van der Waals surface area contributed by atoms with Crippen molar-refractivity contribution >= 4 is 27.7 Å². The molecule has 0 aromatic heterocycles. The minimum Gasteiger partial charge on any atom is -0.355 e. The van der Waals surface area contributed by atoms with Gasteiger partial charge in [0.05, 0.1) is 5.75 Å². The molecular weight excluding hydrogens is 363 g/mol. The number of benzene rings is 1. The lowest BCUT2D eigenvalue weighted by molar-refractivity contribution is 0.445. The molecule has 0 bridgehead atoms. The molecule has 1 aromatic rings. The van der Waals surface area contributed by atoms with Crippen LogP contribution in [0.3, 0.4) is 0 Å². The summed E-state index contributed by atoms with van der Waals surface area (Å²) in [6.07, 6.45) is 2.67. The van der Waals surface area contributed by atoms with Crippen molar-refractivity contribution in [3.63, 3.8) is 0 Å². The van der Waals surface area contributed by atoms with Gasteiger partial charge in [-0.25, -0.2) is 17.1 Å². The van der Waals surface area contributed by atoms with Crippen LogP contribution < -0.4 is 10.6 Å². The van der Waals surface area contributed by atoms with Crippen LogP contribution in [0.25, 0.3) is 0 Å².